The van der Waals surface area contributed by atoms with Gasteiger partial charge in [-0.25, -0.2) is 0 Å². The molecule has 2 bridgehead atoms. The molecule has 4 aliphatic rings. The molecule has 3 heteroatoms. The van der Waals surface area contributed by atoms with Gasteiger partial charge in [0, 0.05) is 5.92 Å². The molecule has 1 fully saturated rings. The second kappa shape index (κ2) is 2.81. The SMILES string of the molecule is CC1C(=O)NC(=O)C2C=CC1C1C=CC21. The summed E-state index contributed by atoms with van der Waals surface area (Å²) in [5.74, 6) is 0.472. The normalized spacial score (nSPS) is 46.6. The number of carbonyl (C=O) groups is 2. The summed E-state index contributed by atoms with van der Waals surface area (Å²) in [6.45, 7) is 1.90. The molecule has 78 valence electrons. The van der Waals surface area contributed by atoms with Crippen LogP contribution in [0.4, 0.5) is 0 Å². The van der Waals surface area contributed by atoms with Crippen molar-refractivity contribution in [1.82, 2.24) is 5.32 Å². The highest BCUT2D eigenvalue weighted by Crippen LogP contribution is 2.46. The Kier molecular flexibility index (Phi) is 1.67. The van der Waals surface area contributed by atoms with Gasteiger partial charge in [0.05, 0.1) is 5.92 Å². The summed E-state index contributed by atoms with van der Waals surface area (Å²) in [6.07, 6.45) is 8.24. The quantitative estimate of drug-likeness (QED) is 0.469. The third-order valence-electron chi connectivity index (χ3n) is 3.94. The van der Waals surface area contributed by atoms with E-state index in [0.717, 1.165) is 0 Å². The third-order valence-corrected chi connectivity index (χ3v) is 3.94. The predicted molar refractivity (Wildman–Crippen MR) is 54.6 cm³/mol. The van der Waals surface area contributed by atoms with Gasteiger partial charge in [0.25, 0.3) is 0 Å². The number of nitrogens with one attached hydrogen (secondary N) is 1. The minimum atomic E-state index is -0.138. The van der Waals surface area contributed by atoms with Gasteiger partial charge in [-0.15, -0.1) is 0 Å². The average Bonchev–Trinajstić information content (AvgIpc) is 2.16. The highest BCUT2D eigenvalue weighted by Gasteiger charge is 2.46. The zero-order chi connectivity index (χ0) is 10.6. The molecule has 1 N–H and O–H groups in total. The van der Waals surface area contributed by atoms with Gasteiger partial charge in [-0.05, 0) is 17.8 Å². The molecule has 0 aromatic rings. The standard InChI is InChI=1S/C12H13NO2/c1-6-7-2-5-10(9-4-3-8(7)9)12(15)13-11(6)14/h2-10H,1H3,(H,13,14,15). The predicted octanol–water partition coefficient (Wildman–Crippen LogP) is 0.883. The van der Waals surface area contributed by atoms with Crippen LogP contribution in [0, 0.1) is 29.6 Å². The van der Waals surface area contributed by atoms with E-state index in [2.05, 4.69) is 23.5 Å². The van der Waals surface area contributed by atoms with Crippen LogP contribution in [-0.4, -0.2) is 11.8 Å². The molecule has 2 aliphatic carbocycles. The molecule has 0 aromatic carbocycles. The van der Waals surface area contributed by atoms with Gasteiger partial charge in [-0.2, -0.15) is 0 Å². The van der Waals surface area contributed by atoms with Gasteiger partial charge in [0.1, 0.15) is 0 Å². The molecule has 2 amide bonds. The Morgan fingerprint density at radius 1 is 0.933 bits per heavy atom. The molecular formula is C12H13NO2. The fourth-order valence-electron chi connectivity index (χ4n) is 2.87. The molecule has 3 nitrogen and oxygen atoms in total. The smallest absolute Gasteiger partial charge is 0.234 e. The second-order valence-corrected chi connectivity index (χ2v) is 4.67. The summed E-state index contributed by atoms with van der Waals surface area (Å²) in [6, 6.07) is 0. The largest absolute Gasteiger partial charge is 0.296 e. The van der Waals surface area contributed by atoms with E-state index in [-0.39, 0.29) is 29.6 Å². The first kappa shape index (κ1) is 8.89. The van der Waals surface area contributed by atoms with E-state index in [1.54, 1.807) is 0 Å². The Hall–Kier alpha value is -1.38. The highest BCUT2D eigenvalue weighted by atomic mass is 16.2. The lowest BCUT2D eigenvalue weighted by atomic mass is 9.60. The Bertz CT molecular complexity index is 396. The third kappa shape index (κ3) is 1.06. The van der Waals surface area contributed by atoms with Crippen molar-refractivity contribution in [2.24, 2.45) is 29.6 Å². The molecule has 0 saturated carbocycles. The van der Waals surface area contributed by atoms with Gasteiger partial charge >= 0.3 is 0 Å². The molecule has 0 spiro atoms. The van der Waals surface area contributed by atoms with E-state index in [4.69, 9.17) is 0 Å². The van der Waals surface area contributed by atoms with Crippen LogP contribution in [0.1, 0.15) is 6.92 Å². The van der Waals surface area contributed by atoms with Crippen LogP contribution in [0.25, 0.3) is 0 Å². The van der Waals surface area contributed by atoms with E-state index in [9.17, 15) is 9.59 Å². The maximum Gasteiger partial charge on any atom is 0.234 e. The molecule has 0 aromatic heterocycles. The number of fused-ring (bicyclic) bond motifs is 3. The first-order chi connectivity index (χ1) is 7.18. The number of amides is 2. The number of hydrogen-bond acceptors (Lipinski definition) is 2. The topological polar surface area (TPSA) is 46.2 Å². The van der Waals surface area contributed by atoms with Crippen LogP contribution < -0.4 is 5.32 Å². The van der Waals surface area contributed by atoms with E-state index < -0.39 is 0 Å². The Morgan fingerprint density at radius 3 is 2.27 bits per heavy atom. The molecule has 5 unspecified atom stereocenters. The number of allylic oxidation sites excluding steroid dienone is 3. The van der Waals surface area contributed by atoms with Crippen LogP contribution in [0.3, 0.4) is 0 Å². The average molecular weight is 203 g/mol. The van der Waals surface area contributed by atoms with Crippen molar-refractivity contribution in [3.63, 3.8) is 0 Å². The van der Waals surface area contributed by atoms with Gasteiger partial charge in [0.15, 0.2) is 0 Å². The molecule has 2 aliphatic heterocycles. The minimum Gasteiger partial charge on any atom is -0.296 e. The van der Waals surface area contributed by atoms with Crippen LogP contribution in [0.2, 0.25) is 0 Å². The first-order valence-electron chi connectivity index (χ1n) is 5.40. The van der Waals surface area contributed by atoms with Gasteiger partial charge < -0.3 is 0 Å². The summed E-state index contributed by atoms with van der Waals surface area (Å²) in [4.78, 5) is 23.4. The van der Waals surface area contributed by atoms with Crippen molar-refractivity contribution in [1.29, 1.82) is 0 Å². The van der Waals surface area contributed by atoms with E-state index in [0.29, 0.717) is 11.8 Å². The first-order valence-corrected chi connectivity index (χ1v) is 5.40. The van der Waals surface area contributed by atoms with Crippen molar-refractivity contribution in [2.45, 2.75) is 6.92 Å². The van der Waals surface area contributed by atoms with Crippen molar-refractivity contribution in [3.8, 4) is 0 Å². The lowest BCUT2D eigenvalue weighted by molar-refractivity contribution is -0.138. The van der Waals surface area contributed by atoms with Crippen molar-refractivity contribution in [3.05, 3.63) is 24.3 Å². The number of carbonyl (C=O) groups excluding carboxylic acids is 2. The summed E-state index contributed by atoms with van der Waals surface area (Å²) in [5.41, 5.74) is 0. The summed E-state index contributed by atoms with van der Waals surface area (Å²) >= 11 is 0. The molecule has 5 atom stereocenters. The molecule has 4 rings (SSSR count). The number of hydrogen-bond donors (Lipinski definition) is 1. The van der Waals surface area contributed by atoms with Crippen LogP contribution in [-0.2, 0) is 9.59 Å². The maximum absolute atomic E-state index is 11.8. The molecule has 1 saturated heterocycles. The summed E-state index contributed by atoms with van der Waals surface area (Å²) in [7, 11) is 0. The molecule has 0 radical (unpaired) electrons. The maximum atomic E-state index is 11.8. The van der Waals surface area contributed by atoms with Gasteiger partial charge in [-0.1, -0.05) is 31.2 Å². The lowest BCUT2D eigenvalue weighted by Gasteiger charge is -2.45. The number of imide groups is 1. The van der Waals surface area contributed by atoms with E-state index in [1.165, 1.54) is 0 Å². The Balaban J connectivity index is 2.06. The van der Waals surface area contributed by atoms with Gasteiger partial charge in [0.2, 0.25) is 11.8 Å². The fraction of sp³-hybridized carbons (Fsp3) is 0.500. The zero-order valence-electron chi connectivity index (χ0n) is 8.51. The van der Waals surface area contributed by atoms with Crippen molar-refractivity contribution < 1.29 is 9.59 Å². The fourth-order valence-corrected chi connectivity index (χ4v) is 2.87. The Morgan fingerprint density at radius 2 is 1.60 bits per heavy atom. The van der Waals surface area contributed by atoms with E-state index >= 15 is 0 Å². The summed E-state index contributed by atoms with van der Waals surface area (Å²) in [5, 5.41) is 2.48. The molecular weight excluding hydrogens is 190 g/mol. The van der Waals surface area contributed by atoms with Crippen LogP contribution in [0.5, 0.6) is 0 Å². The Labute approximate surface area is 88.2 Å². The highest BCUT2D eigenvalue weighted by molar-refractivity contribution is 5.99. The van der Waals surface area contributed by atoms with Gasteiger partial charge in [-0.3, -0.25) is 14.9 Å². The molecule has 15 heavy (non-hydrogen) atoms. The van der Waals surface area contributed by atoms with Crippen molar-refractivity contribution >= 4 is 11.8 Å². The number of rotatable bonds is 0. The van der Waals surface area contributed by atoms with E-state index in [1.807, 2.05) is 13.0 Å². The van der Waals surface area contributed by atoms with Crippen molar-refractivity contribution in [2.75, 3.05) is 0 Å². The van der Waals surface area contributed by atoms with Crippen LogP contribution in [0.15, 0.2) is 24.3 Å². The summed E-state index contributed by atoms with van der Waals surface area (Å²) < 4.78 is 0. The lowest BCUT2D eigenvalue weighted by Crippen LogP contribution is -2.52. The molecule has 2 heterocycles. The zero-order valence-corrected chi connectivity index (χ0v) is 8.51. The minimum absolute atomic E-state index is 0.108. The monoisotopic (exact) mass is 203 g/mol. The van der Waals surface area contributed by atoms with Crippen LogP contribution >= 0.6 is 0 Å². The second-order valence-electron chi connectivity index (χ2n) is 4.67.